The van der Waals surface area contributed by atoms with Gasteiger partial charge in [-0.15, -0.1) is 0 Å². The highest BCUT2D eigenvalue weighted by molar-refractivity contribution is 5.69. The third kappa shape index (κ3) is 1.58. The Bertz CT molecular complexity index is 193. The summed E-state index contributed by atoms with van der Waals surface area (Å²) < 4.78 is 0. The molecule has 0 aromatic heterocycles. The average molecular weight is 146 g/mol. The van der Waals surface area contributed by atoms with Crippen molar-refractivity contribution in [1.82, 2.24) is 5.12 Å². The summed E-state index contributed by atoms with van der Waals surface area (Å²) in [5.74, 6) is 0. The van der Waals surface area contributed by atoms with E-state index in [1.54, 1.807) is 0 Å². The van der Waals surface area contributed by atoms with Crippen molar-refractivity contribution in [3.8, 4) is 0 Å². The monoisotopic (exact) mass is 146 g/mol. The molecular weight excluding hydrogens is 144 g/mol. The lowest BCUT2D eigenvalue weighted by Gasteiger charge is -1.94. The Morgan fingerprint density at radius 2 is 1.90 bits per heavy atom. The van der Waals surface area contributed by atoms with Gasteiger partial charge in [-0.3, -0.25) is 0 Å². The maximum atomic E-state index is 10.3. The van der Waals surface area contributed by atoms with Crippen molar-refractivity contribution < 1.29 is 19.4 Å². The zero-order valence-electron chi connectivity index (χ0n) is 4.55. The van der Waals surface area contributed by atoms with Gasteiger partial charge >= 0.3 is 12.2 Å². The Kier molecular flexibility index (Phi) is 1.36. The summed E-state index contributed by atoms with van der Waals surface area (Å²) in [4.78, 5) is 27.5. The molecule has 1 rings (SSSR count). The zero-order valence-corrected chi connectivity index (χ0v) is 4.55. The molecule has 0 fully saturated rings. The van der Waals surface area contributed by atoms with Gasteiger partial charge in [-0.25, -0.2) is 19.4 Å². The molecule has 1 heterocycles. The molecule has 8 heteroatoms. The van der Waals surface area contributed by atoms with Crippen LogP contribution in [0.1, 0.15) is 0 Å². The van der Waals surface area contributed by atoms with Gasteiger partial charge in [0.15, 0.2) is 0 Å². The molecule has 0 aromatic rings. The molecule has 0 spiro atoms. The van der Waals surface area contributed by atoms with Crippen LogP contribution in [-0.2, 0) is 9.78 Å². The van der Waals surface area contributed by atoms with Gasteiger partial charge in [0.25, 0.3) is 0 Å². The summed E-state index contributed by atoms with van der Waals surface area (Å²) in [7, 11) is 0. The van der Waals surface area contributed by atoms with Gasteiger partial charge in [-0.1, -0.05) is 0 Å². The molecule has 2 amide bonds. The summed E-state index contributed by atoms with van der Waals surface area (Å²) in [5, 5.41) is 6.65. The quantitative estimate of drug-likeness (QED) is 0.375. The Balaban J connectivity index is 2.12. The molecule has 0 bridgehead atoms. The fourth-order valence-corrected chi connectivity index (χ4v) is 0.203. The molecule has 1 aliphatic heterocycles. The lowest BCUT2D eigenvalue weighted by molar-refractivity contribution is -0.181. The van der Waals surface area contributed by atoms with Gasteiger partial charge in [0, 0.05) is 0 Å². The first-order valence-electron chi connectivity index (χ1n) is 2.10. The lowest BCUT2D eigenvalue weighted by Crippen LogP contribution is -2.19. The molecular formula is C2H2N4O4. The molecule has 10 heavy (non-hydrogen) atoms. The van der Waals surface area contributed by atoms with E-state index in [1.807, 2.05) is 0 Å². The predicted octanol–water partition coefficient (Wildman–Crippen LogP) is -0.269. The van der Waals surface area contributed by atoms with Crippen molar-refractivity contribution in [2.45, 2.75) is 0 Å². The van der Waals surface area contributed by atoms with Crippen molar-refractivity contribution >= 4 is 12.2 Å². The van der Waals surface area contributed by atoms with E-state index < -0.39 is 12.2 Å². The number of carbonyl (C=O) groups is 2. The fourth-order valence-electron chi connectivity index (χ4n) is 0.203. The molecule has 0 unspecified atom stereocenters. The SMILES string of the molecule is NC(=O)OOC(=O)N1N=N1. The molecule has 0 aliphatic carbocycles. The Hall–Kier alpha value is -1.86. The number of hydrogen-bond donors (Lipinski definition) is 1. The van der Waals surface area contributed by atoms with E-state index in [-0.39, 0.29) is 0 Å². The van der Waals surface area contributed by atoms with Crippen LogP contribution in [0, 0.1) is 0 Å². The maximum absolute atomic E-state index is 10.3. The first-order valence-corrected chi connectivity index (χ1v) is 2.10. The van der Waals surface area contributed by atoms with Crippen molar-refractivity contribution in [3.05, 3.63) is 0 Å². The van der Waals surface area contributed by atoms with E-state index in [4.69, 9.17) is 0 Å². The number of amides is 2. The molecule has 0 atom stereocenters. The van der Waals surface area contributed by atoms with Crippen molar-refractivity contribution in [2.24, 2.45) is 16.2 Å². The molecule has 0 aromatic carbocycles. The maximum Gasteiger partial charge on any atom is 0.497 e. The van der Waals surface area contributed by atoms with E-state index in [0.717, 1.165) is 0 Å². The van der Waals surface area contributed by atoms with Gasteiger partial charge < -0.3 is 5.73 Å². The predicted molar refractivity (Wildman–Crippen MR) is 23.8 cm³/mol. The minimum absolute atomic E-state index is 0.586. The van der Waals surface area contributed by atoms with E-state index in [0.29, 0.717) is 5.12 Å². The second-order valence-electron chi connectivity index (χ2n) is 1.22. The third-order valence-electron chi connectivity index (χ3n) is 0.537. The minimum atomic E-state index is -1.21. The lowest BCUT2D eigenvalue weighted by atomic mass is 11.2. The Morgan fingerprint density at radius 3 is 2.30 bits per heavy atom. The van der Waals surface area contributed by atoms with Gasteiger partial charge in [0.05, 0.1) is 0 Å². The van der Waals surface area contributed by atoms with Crippen LogP contribution in [0.15, 0.2) is 10.4 Å². The van der Waals surface area contributed by atoms with E-state index >= 15 is 0 Å². The fraction of sp³-hybridized carbons (Fsp3) is 0. The van der Waals surface area contributed by atoms with Crippen LogP contribution in [0.25, 0.3) is 0 Å². The standard InChI is InChI=1S/C2H2N4O4/c3-1(7)9-10-2(8)6-4-5-6/h(H2,3,7). The summed E-state index contributed by atoms with van der Waals surface area (Å²) in [6, 6.07) is 0. The van der Waals surface area contributed by atoms with Gasteiger partial charge in [0.1, 0.15) is 0 Å². The van der Waals surface area contributed by atoms with Crippen LogP contribution in [0.2, 0.25) is 0 Å². The van der Waals surface area contributed by atoms with E-state index in [2.05, 4.69) is 26.0 Å². The van der Waals surface area contributed by atoms with Gasteiger partial charge in [-0.05, 0) is 15.6 Å². The normalized spacial score (nSPS) is 12.6. The van der Waals surface area contributed by atoms with Crippen molar-refractivity contribution in [2.75, 3.05) is 0 Å². The second-order valence-corrected chi connectivity index (χ2v) is 1.22. The van der Waals surface area contributed by atoms with Crippen LogP contribution in [0.4, 0.5) is 9.59 Å². The largest absolute Gasteiger partial charge is 0.497 e. The van der Waals surface area contributed by atoms with Gasteiger partial charge in [-0.2, -0.15) is 0 Å². The molecule has 8 nitrogen and oxygen atoms in total. The van der Waals surface area contributed by atoms with E-state index in [9.17, 15) is 9.59 Å². The van der Waals surface area contributed by atoms with E-state index in [1.165, 1.54) is 0 Å². The molecule has 1 aliphatic rings. The molecule has 0 radical (unpaired) electrons. The highest BCUT2D eigenvalue weighted by atomic mass is 17.2. The van der Waals surface area contributed by atoms with Crippen LogP contribution in [0.3, 0.4) is 0 Å². The number of carbonyl (C=O) groups excluding carboxylic acids is 2. The summed E-state index contributed by atoms with van der Waals surface area (Å²) >= 11 is 0. The topological polar surface area (TPSA) is 106 Å². The van der Waals surface area contributed by atoms with Crippen LogP contribution in [-0.4, -0.2) is 17.3 Å². The van der Waals surface area contributed by atoms with Gasteiger partial charge in [0.2, 0.25) is 0 Å². The number of hydrogen-bond acceptors (Lipinski definition) is 6. The van der Waals surface area contributed by atoms with Crippen LogP contribution in [0.5, 0.6) is 0 Å². The Morgan fingerprint density at radius 1 is 1.30 bits per heavy atom. The van der Waals surface area contributed by atoms with Crippen LogP contribution < -0.4 is 5.73 Å². The summed E-state index contributed by atoms with van der Waals surface area (Å²) in [5.41, 5.74) is 4.44. The van der Waals surface area contributed by atoms with Crippen molar-refractivity contribution in [1.29, 1.82) is 0 Å². The zero-order chi connectivity index (χ0) is 7.56. The third-order valence-corrected chi connectivity index (χ3v) is 0.537. The smallest absolute Gasteiger partial charge is 0.332 e. The average Bonchev–Trinajstić information content (AvgIpc) is 2.63. The van der Waals surface area contributed by atoms with Crippen LogP contribution >= 0.6 is 0 Å². The first kappa shape index (κ1) is 6.26. The van der Waals surface area contributed by atoms with Crippen molar-refractivity contribution in [3.63, 3.8) is 0 Å². The Labute approximate surface area is 54.1 Å². The summed E-state index contributed by atoms with van der Waals surface area (Å²) in [6.45, 7) is 0. The molecule has 2 N–H and O–H groups in total. The number of primary amides is 1. The number of rotatable bonds is 0. The molecule has 54 valence electrons. The number of nitrogens with zero attached hydrogens (tertiary/aromatic N) is 3. The first-order chi connectivity index (χ1) is 4.70. The molecule has 0 saturated heterocycles. The number of nitrogens with two attached hydrogens (primary N) is 1. The minimum Gasteiger partial charge on any atom is -0.332 e. The second kappa shape index (κ2) is 2.17. The molecule has 0 saturated carbocycles. The summed E-state index contributed by atoms with van der Waals surface area (Å²) in [6.07, 6.45) is -2.23. The highest BCUT2D eigenvalue weighted by Crippen LogP contribution is 2.09. The highest BCUT2D eigenvalue weighted by Gasteiger charge is 2.25.